The topological polar surface area (TPSA) is 25.8 Å². The Morgan fingerprint density at radius 3 is 2.67 bits per heavy atom. The van der Waals surface area contributed by atoms with Gasteiger partial charge in [0.1, 0.15) is 12.0 Å². The zero-order valence-corrected chi connectivity index (χ0v) is 9.14. The lowest BCUT2D eigenvalue weighted by molar-refractivity contribution is 0.0884. The lowest BCUT2D eigenvalue weighted by Gasteiger charge is -2.15. The maximum absolute atomic E-state index is 13.0. The van der Waals surface area contributed by atoms with E-state index in [0.717, 1.165) is 19.2 Å². The van der Waals surface area contributed by atoms with Crippen LogP contribution in [-0.2, 0) is 5.38 Å². The zero-order valence-electron chi connectivity index (χ0n) is 7.63. The minimum atomic E-state index is -3.49. The molecule has 1 aromatic rings. The van der Waals surface area contributed by atoms with E-state index in [-0.39, 0.29) is 11.5 Å². The SMILES string of the molecule is FC(F)(Cl)c1ncncc1C(Cl)C1CC1. The van der Waals surface area contributed by atoms with Crippen molar-refractivity contribution in [2.75, 3.05) is 0 Å². The standard InChI is InChI=1S/C9H8Cl2F2N2/c10-7(5-1-2-5)6-3-14-4-15-8(6)9(11,12)13/h3-5,7H,1-2H2. The highest BCUT2D eigenvalue weighted by Crippen LogP contribution is 2.47. The molecule has 1 aromatic heterocycles. The van der Waals surface area contributed by atoms with Crippen LogP contribution in [0.15, 0.2) is 12.5 Å². The van der Waals surface area contributed by atoms with Crippen molar-refractivity contribution in [2.45, 2.75) is 23.6 Å². The number of alkyl halides is 4. The summed E-state index contributed by atoms with van der Waals surface area (Å²) in [6.07, 6.45) is 4.27. The highest BCUT2D eigenvalue weighted by molar-refractivity contribution is 6.23. The summed E-state index contributed by atoms with van der Waals surface area (Å²) in [6.45, 7) is 0. The van der Waals surface area contributed by atoms with Gasteiger partial charge in [-0.25, -0.2) is 9.97 Å². The Kier molecular flexibility index (Phi) is 2.81. The first-order valence-corrected chi connectivity index (χ1v) is 5.32. The fourth-order valence-electron chi connectivity index (χ4n) is 1.42. The van der Waals surface area contributed by atoms with E-state index in [1.54, 1.807) is 0 Å². The van der Waals surface area contributed by atoms with Crippen LogP contribution in [0.4, 0.5) is 8.78 Å². The van der Waals surface area contributed by atoms with E-state index in [4.69, 9.17) is 23.2 Å². The fourth-order valence-corrected chi connectivity index (χ4v) is 1.99. The van der Waals surface area contributed by atoms with Gasteiger partial charge in [0.15, 0.2) is 0 Å². The van der Waals surface area contributed by atoms with Crippen molar-refractivity contribution in [3.63, 3.8) is 0 Å². The van der Waals surface area contributed by atoms with Gasteiger partial charge in [-0.15, -0.1) is 11.6 Å². The molecule has 2 nitrogen and oxygen atoms in total. The average molecular weight is 253 g/mol. The fraction of sp³-hybridized carbons (Fsp3) is 0.556. The van der Waals surface area contributed by atoms with Crippen LogP contribution in [0.3, 0.4) is 0 Å². The third-order valence-electron chi connectivity index (χ3n) is 2.34. The molecule has 1 heterocycles. The van der Waals surface area contributed by atoms with Gasteiger partial charge in [0.25, 0.3) is 0 Å². The van der Waals surface area contributed by atoms with E-state index >= 15 is 0 Å². The first-order chi connectivity index (χ1) is 7.00. The first kappa shape index (κ1) is 11.0. The maximum Gasteiger partial charge on any atom is 0.365 e. The second-order valence-corrected chi connectivity index (χ2v) is 4.51. The second kappa shape index (κ2) is 3.83. The van der Waals surface area contributed by atoms with Crippen LogP contribution in [-0.4, -0.2) is 9.97 Å². The van der Waals surface area contributed by atoms with Crippen molar-refractivity contribution < 1.29 is 8.78 Å². The van der Waals surface area contributed by atoms with Crippen LogP contribution in [0.1, 0.15) is 29.5 Å². The number of hydrogen-bond acceptors (Lipinski definition) is 2. The predicted octanol–water partition coefficient (Wildman–Crippen LogP) is 3.45. The molecule has 0 spiro atoms. The minimum Gasteiger partial charge on any atom is -0.244 e. The molecule has 0 aliphatic heterocycles. The number of nitrogens with zero attached hydrogens (tertiary/aromatic N) is 2. The lowest BCUT2D eigenvalue weighted by atomic mass is 10.1. The molecule has 0 bridgehead atoms. The molecule has 1 aliphatic rings. The van der Waals surface area contributed by atoms with Crippen molar-refractivity contribution in [1.82, 2.24) is 9.97 Å². The number of hydrogen-bond donors (Lipinski definition) is 0. The summed E-state index contributed by atoms with van der Waals surface area (Å²) < 4.78 is 26.0. The number of halogens is 4. The summed E-state index contributed by atoms with van der Waals surface area (Å²) in [5, 5.41) is -3.95. The summed E-state index contributed by atoms with van der Waals surface area (Å²) in [6, 6.07) is 0. The third-order valence-corrected chi connectivity index (χ3v) is 3.11. The van der Waals surface area contributed by atoms with Gasteiger partial charge in [-0.2, -0.15) is 8.78 Å². The predicted molar refractivity (Wildman–Crippen MR) is 53.1 cm³/mol. The molecule has 0 radical (unpaired) electrons. The van der Waals surface area contributed by atoms with Crippen LogP contribution in [0.25, 0.3) is 0 Å². The van der Waals surface area contributed by atoms with Crippen molar-refractivity contribution in [2.24, 2.45) is 5.92 Å². The van der Waals surface area contributed by atoms with Crippen LogP contribution in [0.5, 0.6) is 0 Å². The number of aromatic nitrogens is 2. The van der Waals surface area contributed by atoms with Gasteiger partial charge >= 0.3 is 5.38 Å². The Bertz CT molecular complexity index is 363. The van der Waals surface area contributed by atoms with Crippen molar-refractivity contribution in [3.8, 4) is 0 Å². The molecule has 15 heavy (non-hydrogen) atoms. The van der Waals surface area contributed by atoms with E-state index < -0.39 is 16.5 Å². The number of rotatable bonds is 3. The van der Waals surface area contributed by atoms with Crippen molar-refractivity contribution in [1.29, 1.82) is 0 Å². The first-order valence-electron chi connectivity index (χ1n) is 4.51. The van der Waals surface area contributed by atoms with Gasteiger partial charge in [0, 0.05) is 11.8 Å². The molecule has 6 heteroatoms. The highest BCUT2D eigenvalue weighted by Gasteiger charge is 2.39. The van der Waals surface area contributed by atoms with Gasteiger partial charge in [0.2, 0.25) is 0 Å². The summed E-state index contributed by atoms with van der Waals surface area (Å²) in [5.74, 6) is 0.246. The molecule has 0 amide bonds. The Morgan fingerprint density at radius 2 is 2.13 bits per heavy atom. The second-order valence-electron chi connectivity index (χ2n) is 3.56. The minimum absolute atomic E-state index is 0.238. The van der Waals surface area contributed by atoms with Gasteiger partial charge in [-0.3, -0.25) is 0 Å². The smallest absolute Gasteiger partial charge is 0.244 e. The zero-order chi connectivity index (χ0) is 11.1. The highest BCUT2D eigenvalue weighted by atomic mass is 35.5. The molecule has 1 unspecified atom stereocenters. The molecule has 1 aliphatic carbocycles. The molecule has 82 valence electrons. The summed E-state index contributed by atoms with van der Waals surface area (Å²) in [5.41, 5.74) is -0.243. The molecular formula is C9H8Cl2F2N2. The van der Waals surface area contributed by atoms with E-state index in [2.05, 4.69) is 9.97 Å². The lowest BCUT2D eigenvalue weighted by Crippen LogP contribution is -2.13. The van der Waals surface area contributed by atoms with Crippen LogP contribution < -0.4 is 0 Å². The maximum atomic E-state index is 13.0. The molecule has 0 N–H and O–H groups in total. The Morgan fingerprint density at radius 1 is 1.47 bits per heavy atom. The van der Waals surface area contributed by atoms with E-state index in [0.29, 0.717) is 0 Å². The molecule has 0 aromatic carbocycles. The summed E-state index contributed by atoms with van der Waals surface area (Å²) >= 11 is 11.0. The van der Waals surface area contributed by atoms with Gasteiger partial charge < -0.3 is 0 Å². The van der Waals surface area contributed by atoms with E-state index in [1.165, 1.54) is 6.20 Å². The van der Waals surface area contributed by atoms with E-state index in [1.807, 2.05) is 0 Å². The quantitative estimate of drug-likeness (QED) is 0.771. The summed E-state index contributed by atoms with van der Waals surface area (Å²) in [7, 11) is 0. The van der Waals surface area contributed by atoms with Crippen molar-refractivity contribution in [3.05, 3.63) is 23.8 Å². The van der Waals surface area contributed by atoms with E-state index in [9.17, 15) is 8.78 Å². The Labute approximate surface area is 95.6 Å². The van der Waals surface area contributed by atoms with Crippen LogP contribution in [0.2, 0.25) is 0 Å². The van der Waals surface area contributed by atoms with Crippen LogP contribution in [0, 0.1) is 5.92 Å². The third kappa shape index (κ3) is 2.37. The average Bonchev–Trinajstić information content (AvgIpc) is 2.98. The molecular weight excluding hydrogens is 245 g/mol. The van der Waals surface area contributed by atoms with Gasteiger partial charge in [-0.05, 0) is 30.4 Å². The largest absolute Gasteiger partial charge is 0.365 e. The molecule has 0 saturated heterocycles. The monoisotopic (exact) mass is 252 g/mol. The Balaban J connectivity index is 2.37. The molecule has 1 saturated carbocycles. The Hall–Kier alpha value is -0.480. The molecule has 2 rings (SSSR count). The molecule has 1 fully saturated rings. The van der Waals surface area contributed by atoms with Gasteiger partial charge in [0.05, 0.1) is 5.38 Å². The van der Waals surface area contributed by atoms with Crippen LogP contribution >= 0.6 is 23.2 Å². The summed E-state index contributed by atoms with van der Waals surface area (Å²) in [4.78, 5) is 7.21. The normalized spacial score (nSPS) is 18.9. The van der Waals surface area contributed by atoms with Gasteiger partial charge in [-0.1, -0.05) is 0 Å². The molecule has 1 atom stereocenters. The van der Waals surface area contributed by atoms with Crippen molar-refractivity contribution >= 4 is 23.2 Å².